The predicted octanol–water partition coefficient (Wildman–Crippen LogP) is 6.45. The highest BCUT2D eigenvalue weighted by Crippen LogP contribution is 2.74. The van der Waals surface area contributed by atoms with Crippen molar-refractivity contribution in [3.8, 4) is 0 Å². The summed E-state index contributed by atoms with van der Waals surface area (Å²) in [5, 5.41) is 0. The lowest BCUT2D eigenvalue weighted by molar-refractivity contribution is -0.145. The molecule has 2 nitrogen and oxygen atoms in total. The average Bonchev–Trinajstić information content (AvgIpc) is 2.92. The molecule has 5 rings (SSSR count). The van der Waals surface area contributed by atoms with Crippen LogP contribution >= 0.6 is 0 Å². The number of Topliss-reactive ketones (excluding diaryl/α,β-unsaturated/α-hetero) is 1. The van der Waals surface area contributed by atoms with Gasteiger partial charge in [0.05, 0.1) is 0 Å². The molecule has 3 saturated carbocycles. The summed E-state index contributed by atoms with van der Waals surface area (Å²) in [7, 11) is 0. The molecule has 0 saturated heterocycles. The van der Waals surface area contributed by atoms with E-state index in [9.17, 15) is 9.59 Å². The fourth-order valence-corrected chi connectivity index (χ4v) is 9.37. The summed E-state index contributed by atoms with van der Waals surface area (Å²) in [6.07, 6.45) is 11.9. The van der Waals surface area contributed by atoms with Crippen LogP contribution in [0.3, 0.4) is 0 Å². The maximum atomic E-state index is 13.3. The van der Waals surface area contributed by atoms with Gasteiger partial charge in [-0.25, -0.2) is 0 Å². The summed E-state index contributed by atoms with van der Waals surface area (Å²) in [6, 6.07) is 0. The van der Waals surface area contributed by atoms with E-state index in [1.807, 2.05) is 13.0 Å². The van der Waals surface area contributed by atoms with Gasteiger partial charge in [0.1, 0.15) is 5.78 Å². The molecule has 0 radical (unpaired) electrons. The molecular weight excluding hydrogens is 356 g/mol. The molecule has 0 heterocycles. The smallest absolute Gasteiger partial charge is 0.155 e. The van der Waals surface area contributed by atoms with Crippen molar-refractivity contribution in [2.45, 2.75) is 92.4 Å². The number of rotatable bonds is 1. The Hall–Kier alpha value is -1.18. The van der Waals surface area contributed by atoms with Crippen molar-refractivity contribution in [2.24, 2.45) is 39.9 Å². The van der Waals surface area contributed by atoms with Crippen molar-refractivity contribution < 1.29 is 9.59 Å². The highest BCUT2D eigenvalue weighted by atomic mass is 16.1. The zero-order valence-electron chi connectivity index (χ0n) is 19.1. The molecule has 5 aliphatic rings. The SMILES string of the molecule is CC(=O)[C@]12CC(C)=C(C)C[C@H]1C[C@H]1[C@@H]3CCC4=CC(=O)CC[C@]4(C)[C@H]3CC[C@@]12C. The van der Waals surface area contributed by atoms with Crippen molar-refractivity contribution in [2.75, 3.05) is 0 Å². The van der Waals surface area contributed by atoms with Crippen LogP contribution in [0.5, 0.6) is 0 Å². The van der Waals surface area contributed by atoms with E-state index in [1.54, 1.807) is 0 Å². The standard InChI is InChI=1S/C27H38O2/c1-16-12-20-14-24-22-7-6-19-13-21(29)8-10-25(19,4)23(22)9-11-26(24,5)27(20,18(3)28)15-17(16)2/h13,20,22-24H,6-12,14-15H2,1-5H3/t20-,22+,23-,24-,25-,26-,27+/m0/s1. The van der Waals surface area contributed by atoms with Gasteiger partial charge in [0.15, 0.2) is 5.78 Å². The fraction of sp³-hybridized carbons (Fsp3) is 0.778. The lowest BCUT2D eigenvalue weighted by atomic mass is 9.43. The van der Waals surface area contributed by atoms with E-state index in [-0.39, 0.29) is 16.2 Å². The first-order valence-corrected chi connectivity index (χ1v) is 12.0. The summed E-state index contributed by atoms with van der Waals surface area (Å²) in [4.78, 5) is 25.4. The Kier molecular flexibility index (Phi) is 4.21. The van der Waals surface area contributed by atoms with E-state index in [4.69, 9.17) is 0 Å². The molecule has 0 amide bonds. The normalized spacial score (nSPS) is 49.0. The Morgan fingerprint density at radius 1 is 1.03 bits per heavy atom. The zero-order valence-corrected chi connectivity index (χ0v) is 19.1. The first-order valence-electron chi connectivity index (χ1n) is 12.0. The van der Waals surface area contributed by atoms with Gasteiger partial charge >= 0.3 is 0 Å². The third-order valence-electron chi connectivity index (χ3n) is 11.1. The molecule has 0 aromatic carbocycles. The Morgan fingerprint density at radius 2 is 1.79 bits per heavy atom. The molecule has 0 aromatic heterocycles. The molecule has 0 unspecified atom stereocenters. The Balaban J connectivity index is 1.56. The van der Waals surface area contributed by atoms with Crippen LogP contribution in [0.2, 0.25) is 0 Å². The zero-order chi connectivity index (χ0) is 20.8. The van der Waals surface area contributed by atoms with Crippen LogP contribution in [0.1, 0.15) is 92.4 Å². The van der Waals surface area contributed by atoms with Gasteiger partial charge in [-0.1, -0.05) is 30.6 Å². The molecular formula is C27H38O2. The molecule has 0 aromatic rings. The molecule has 0 bridgehead atoms. The van der Waals surface area contributed by atoms with Crippen molar-refractivity contribution in [3.05, 3.63) is 22.8 Å². The largest absolute Gasteiger partial charge is 0.299 e. The molecule has 29 heavy (non-hydrogen) atoms. The average molecular weight is 395 g/mol. The Morgan fingerprint density at radius 3 is 2.52 bits per heavy atom. The van der Waals surface area contributed by atoms with E-state index in [0.717, 1.165) is 38.0 Å². The van der Waals surface area contributed by atoms with Gasteiger partial charge < -0.3 is 0 Å². The van der Waals surface area contributed by atoms with Crippen LogP contribution in [0.4, 0.5) is 0 Å². The Labute approximate surface area is 176 Å². The van der Waals surface area contributed by atoms with Gasteiger partial charge in [0, 0.05) is 11.8 Å². The van der Waals surface area contributed by atoms with Crippen molar-refractivity contribution in [1.29, 1.82) is 0 Å². The number of hydrogen-bond acceptors (Lipinski definition) is 2. The minimum atomic E-state index is -0.133. The molecule has 2 heteroatoms. The second-order valence-electron chi connectivity index (χ2n) is 11.8. The van der Waals surface area contributed by atoms with Crippen LogP contribution in [0.15, 0.2) is 22.8 Å². The van der Waals surface area contributed by atoms with E-state index in [2.05, 4.69) is 27.7 Å². The Bertz CT molecular complexity index is 847. The summed E-state index contributed by atoms with van der Waals surface area (Å²) in [5.41, 5.74) is 4.70. The van der Waals surface area contributed by atoms with E-state index < -0.39 is 0 Å². The molecule has 0 aliphatic heterocycles. The summed E-state index contributed by atoms with van der Waals surface area (Å²) in [6.45, 7) is 11.4. The van der Waals surface area contributed by atoms with Crippen LogP contribution in [-0.4, -0.2) is 11.6 Å². The highest BCUT2D eigenvalue weighted by molar-refractivity contribution is 5.91. The number of fused-ring (bicyclic) bond motifs is 7. The second-order valence-corrected chi connectivity index (χ2v) is 11.8. The summed E-state index contributed by atoms with van der Waals surface area (Å²) >= 11 is 0. The van der Waals surface area contributed by atoms with Gasteiger partial charge in [-0.05, 0) is 113 Å². The lowest BCUT2D eigenvalue weighted by Crippen LogP contribution is -2.55. The number of carbonyl (C=O) groups excluding carboxylic acids is 2. The van der Waals surface area contributed by atoms with Crippen LogP contribution in [0, 0.1) is 39.9 Å². The van der Waals surface area contributed by atoms with Gasteiger partial charge in [-0.15, -0.1) is 0 Å². The molecule has 5 aliphatic carbocycles. The van der Waals surface area contributed by atoms with Crippen molar-refractivity contribution in [1.82, 2.24) is 0 Å². The van der Waals surface area contributed by atoms with Gasteiger partial charge in [0.25, 0.3) is 0 Å². The van der Waals surface area contributed by atoms with Gasteiger partial charge in [-0.3, -0.25) is 9.59 Å². The third kappa shape index (κ3) is 2.35. The monoisotopic (exact) mass is 394 g/mol. The molecule has 0 N–H and O–H groups in total. The second kappa shape index (κ2) is 6.17. The summed E-state index contributed by atoms with van der Waals surface area (Å²) < 4.78 is 0. The number of ketones is 2. The van der Waals surface area contributed by atoms with Gasteiger partial charge in [-0.2, -0.15) is 0 Å². The lowest BCUT2D eigenvalue weighted by Gasteiger charge is -2.60. The van der Waals surface area contributed by atoms with E-state index >= 15 is 0 Å². The van der Waals surface area contributed by atoms with Crippen molar-refractivity contribution >= 4 is 11.6 Å². The molecule has 158 valence electrons. The first kappa shape index (κ1) is 19.8. The maximum Gasteiger partial charge on any atom is 0.155 e. The van der Waals surface area contributed by atoms with Crippen LogP contribution in [-0.2, 0) is 9.59 Å². The van der Waals surface area contributed by atoms with Gasteiger partial charge in [0.2, 0.25) is 0 Å². The van der Waals surface area contributed by atoms with Crippen LogP contribution < -0.4 is 0 Å². The minimum Gasteiger partial charge on any atom is -0.299 e. The molecule has 3 fully saturated rings. The predicted molar refractivity (Wildman–Crippen MR) is 116 cm³/mol. The number of carbonyl (C=O) groups is 2. The quantitative estimate of drug-likeness (QED) is 0.479. The fourth-order valence-electron chi connectivity index (χ4n) is 9.37. The topological polar surface area (TPSA) is 34.1 Å². The molecule has 7 atom stereocenters. The van der Waals surface area contributed by atoms with Crippen molar-refractivity contribution in [3.63, 3.8) is 0 Å². The van der Waals surface area contributed by atoms with E-state index in [1.165, 1.54) is 42.4 Å². The molecule has 0 spiro atoms. The van der Waals surface area contributed by atoms with Crippen LogP contribution in [0.25, 0.3) is 0 Å². The number of hydrogen-bond donors (Lipinski definition) is 0. The number of allylic oxidation sites excluding steroid dienone is 3. The minimum absolute atomic E-state index is 0.133. The maximum absolute atomic E-state index is 13.3. The van der Waals surface area contributed by atoms with E-state index in [0.29, 0.717) is 29.3 Å². The third-order valence-corrected chi connectivity index (χ3v) is 11.1. The highest BCUT2D eigenvalue weighted by Gasteiger charge is 2.69. The summed E-state index contributed by atoms with van der Waals surface area (Å²) in [5.74, 6) is 3.44. The first-order chi connectivity index (χ1) is 13.6.